The van der Waals surface area contributed by atoms with Crippen LogP contribution >= 0.6 is 0 Å². The van der Waals surface area contributed by atoms with Crippen molar-refractivity contribution < 1.29 is 17.6 Å². The summed E-state index contributed by atoms with van der Waals surface area (Å²) in [5, 5.41) is 0. The summed E-state index contributed by atoms with van der Waals surface area (Å²) in [5.41, 5.74) is 0. The fourth-order valence-corrected chi connectivity index (χ4v) is 4.31. The van der Waals surface area contributed by atoms with Gasteiger partial charge in [-0.15, -0.1) is 0 Å². The van der Waals surface area contributed by atoms with Crippen molar-refractivity contribution in [2.24, 2.45) is 5.92 Å². The highest BCUT2D eigenvalue weighted by atomic mass is 32.2. The van der Waals surface area contributed by atoms with Crippen LogP contribution in [-0.2, 0) is 24.5 Å². The molecular weight excluding hydrogens is 280 g/mol. The molecule has 0 aromatic heterocycles. The molecule has 0 amide bonds. The summed E-state index contributed by atoms with van der Waals surface area (Å²) in [4.78, 5) is 11.6. The molecule has 0 aliphatic carbocycles. The van der Waals surface area contributed by atoms with Crippen molar-refractivity contribution in [1.29, 1.82) is 0 Å². The average molecular weight is 306 g/mol. The van der Waals surface area contributed by atoms with Crippen LogP contribution in [-0.4, -0.2) is 37.3 Å². The van der Waals surface area contributed by atoms with Gasteiger partial charge in [0, 0.05) is 19.4 Å². The summed E-state index contributed by atoms with van der Waals surface area (Å²) < 4.78 is 22.4. The van der Waals surface area contributed by atoms with Crippen LogP contribution in [0.1, 0.15) is 20.3 Å². The second kappa shape index (κ2) is 8.79. The maximum Gasteiger partial charge on any atom is 0.205 e. The molecule has 1 unspecified atom stereocenters. The third-order valence-corrected chi connectivity index (χ3v) is 5.73. The lowest BCUT2D eigenvalue weighted by molar-refractivity contribution is -0.125. The fourth-order valence-electron chi connectivity index (χ4n) is 1.54. The minimum atomic E-state index is -1.77. The van der Waals surface area contributed by atoms with Crippen molar-refractivity contribution in [2.75, 3.05) is 12.9 Å². The van der Waals surface area contributed by atoms with Gasteiger partial charge in [-0.2, -0.15) is 0 Å². The Morgan fingerprint density at radius 1 is 1.37 bits per heavy atom. The quantitative estimate of drug-likeness (QED) is 0.485. The maximum absolute atomic E-state index is 11.7. The number of rotatable bonds is 9. The zero-order valence-electron chi connectivity index (χ0n) is 12.8. The van der Waals surface area contributed by atoms with Gasteiger partial charge in [-0.3, -0.25) is 4.79 Å². The van der Waals surface area contributed by atoms with E-state index >= 15 is 0 Å². The third kappa shape index (κ3) is 8.46. The molecule has 0 spiro atoms. The largest absolute Gasteiger partial charge is 0.377 e. The van der Waals surface area contributed by atoms with Gasteiger partial charge in [-0.1, -0.05) is 26.0 Å². The number of ketones is 1. The minimum absolute atomic E-state index is 0.163. The Morgan fingerprint density at radius 3 is 2.37 bits per heavy atom. The number of carbonyl (C=O) groups is 1. The number of hydrogen-bond acceptors (Lipinski definition) is 4. The molecule has 0 aliphatic rings. The SMILES string of the molecule is CCC(=O)[C@H](C)[C@H](/C=C\CS(=O)O[Si](C)(C)C)OC. The van der Waals surface area contributed by atoms with E-state index in [1.54, 1.807) is 19.3 Å². The third-order valence-electron chi connectivity index (χ3n) is 2.52. The van der Waals surface area contributed by atoms with E-state index < -0.39 is 19.4 Å². The average Bonchev–Trinajstić information content (AvgIpc) is 2.30. The lowest BCUT2D eigenvalue weighted by Gasteiger charge is -2.18. The first kappa shape index (κ1) is 18.7. The first-order chi connectivity index (χ1) is 8.71. The molecule has 19 heavy (non-hydrogen) atoms. The van der Waals surface area contributed by atoms with Gasteiger partial charge in [0.05, 0.1) is 11.9 Å². The van der Waals surface area contributed by atoms with Gasteiger partial charge in [-0.25, -0.2) is 4.21 Å². The van der Waals surface area contributed by atoms with Crippen molar-refractivity contribution >= 4 is 25.2 Å². The Balaban J connectivity index is 4.36. The van der Waals surface area contributed by atoms with Gasteiger partial charge in [0.15, 0.2) is 0 Å². The molecule has 0 fully saturated rings. The molecular formula is C13H26O4SSi. The molecule has 3 atom stereocenters. The fraction of sp³-hybridized carbons (Fsp3) is 0.769. The lowest BCUT2D eigenvalue weighted by Crippen LogP contribution is -2.27. The van der Waals surface area contributed by atoms with E-state index in [1.807, 2.05) is 33.5 Å². The van der Waals surface area contributed by atoms with E-state index in [0.29, 0.717) is 12.2 Å². The van der Waals surface area contributed by atoms with Crippen molar-refractivity contribution in [3.05, 3.63) is 12.2 Å². The number of carbonyl (C=O) groups excluding carboxylic acids is 1. The normalized spacial score (nSPS) is 17.4. The van der Waals surface area contributed by atoms with Crippen LogP contribution in [0.4, 0.5) is 0 Å². The molecule has 0 N–H and O–H groups in total. The topological polar surface area (TPSA) is 52.6 Å². The second-order valence-corrected chi connectivity index (χ2v) is 11.2. The van der Waals surface area contributed by atoms with E-state index in [1.165, 1.54) is 0 Å². The first-order valence-corrected chi connectivity index (χ1v) is 11.2. The Bertz CT molecular complexity index is 336. The molecule has 0 aromatic rings. The molecule has 4 nitrogen and oxygen atoms in total. The number of ether oxygens (including phenoxy) is 1. The van der Waals surface area contributed by atoms with Crippen LogP contribution < -0.4 is 0 Å². The highest BCUT2D eigenvalue weighted by molar-refractivity contribution is 7.81. The van der Waals surface area contributed by atoms with Crippen LogP contribution in [0.25, 0.3) is 0 Å². The predicted molar refractivity (Wildman–Crippen MR) is 81.8 cm³/mol. The van der Waals surface area contributed by atoms with E-state index in [-0.39, 0.29) is 17.8 Å². The van der Waals surface area contributed by atoms with Crippen LogP contribution in [0.5, 0.6) is 0 Å². The Hall–Kier alpha value is -0.303. The molecule has 0 aromatic carbocycles. The standard InChI is InChI=1S/C13H26O4SSi/c1-7-12(14)11(2)13(16-3)9-8-10-18(15)17-19(4,5)6/h8-9,11,13H,7,10H2,1-6H3/b9-8-/t11-,13-,18?/m0/s1. The highest BCUT2D eigenvalue weighted by Crippen LogP contribution is 2.12. The first-order valence-electron chi connectivity index (χ1n) is 6.51. The molecule has 0 aliphatic heterocycles. The van der Waals surface area contributed by atoms with Crippen molar-refractivity contribution in [2.45, 2.75) is 46.0 Å². The summed E-state index contributed by atoms with van der Waals surface area (Å²) in [7, 11) is -0.197. The molecule has 0 rings (SSSR count). The summed E-state index contributed by atoms with van der Waals surface area (Å²) in [6, 6.07) is 0. The number of methoxy groups -OCH3 is 1. The van der Waals surface area contributed by atoms with Gasteiger partial charge < -0.3 is 8.61 Å². The van der Waals surface area contributed by atoms with E-state index in [4.69, 9.17) is 8.61 Å². The Kier molecular flexibility index (Phi) is 8.65. The predicted octanol–water partition coefficient (Wildman–Crippen LogP) is 2.69. The maximum atomic E-state index is 11.7. The summed E-state index contributed by atoms with van der Waals surface area (Å²) >= 11 is -1.30. The zero-order valence-corrected chi connectivity index (χ0v) is 14.6. The Labute approximate surface area is 120 Å². The summed E-state index contributed by atoms with van der Waals surface area (Å²) in [5.74, 6) is 0.311. The summed E-state index contributed by atoms with van der Waals surface area (Å²) in [6.07, 6.45) is 3.80. The summed E-state index contributed by atoms with van der Waals surface area (Å²) in [6.45, 7) is 9.67. The van der Waals surface area contributed by atoms with Crippen LogP contribution in [0.2, 0.25) is 19.6 Å². The van der Waals surface area contributed by atoms with Crippen molar-refractivity contribution in [3.8, 4) is 0 Å². The molecule has 112 valence electrons. The zero-order chi connectivity index (χ0) is 15.1. The van der Waals surface area contributed by atoms with Crippen LogP contribution in [0, 0.1) is 5.92 Å². The van der Waals surface area contributed by atoms with Crippen LogP contribution in [0.15, 0.2) is 12.2 Å². The van der Waals surface area contributed by atoms with E-state index in [9.17, 15) is 9.00 Å². The molecule has 0 saturated carbocycles. The molecule has 0 heterocycles. The van der Waals surface area contributed by atoms with Gasteiger partial charge >= 0.3 is 0 Å². The number of hydrogen-bond donors (Lipinski definition) is 0. The van der Waals surface area contributed by atoms with Gasteiger partial charge in [-0.05, 0) is 19.6 Å². The van der Waals surface area contributed by atoms with E-state index in [2.05, 4.69) is 0 Å². The van der Waals surface area contributed by atoms with Gasteiger partial charge in [0.25, 0.3) is 0 Å². The monoisotopic (exact) mass is 306 g/mol. The van der Waals surface area contributed by atoms with E-state index in [0.717, 1.165) is 0 Å². The van der Waals surface area contributed by atoms with Crippen molar-refractivity contribution in [3.63, 3.8) is 0 Å². The highest BCUT2D eigenvalue weighted by Gasteiger charge is 2.20. The molecule has 0 saturated heterocycles. The lowest BCUT2D eigenvalue weighted by atomic mass is 9.97. The van der Waals surface area contributed by atoms with Crippen LogP contribution in [0.3, 0.4) is 0 Å². The Morgan fingerprint density at radius 2 is 1.95 bits per heavy atom. The number of Topliss-reactive ketones (excluding diaryl/α,β-unsaturated/α-hetero) is 1. The van der Waals surface area contributed by atoms with Gasteiger partial charge in [0.2, 0.25) is 8.32 Å². The molecule has 0 bridgehead atoms. The second-order valence-electron chi connectivity index (χ2n) is 5.40. The van der Waals surface area contributed by atoms with Crippen molar-refractivity contribution in [1.82, 2.24) is 0 Å². The smallest absolute Gasteiger partial charge is 0.205 e. The molecule has 6 heteroatoms. The minimum Gasteiger partial charge on any atom is -0.377 e. The van der Waals surface area contributed by atoms with Gasteiger partial charge in [0.1, 0.15) is 16.9 Å². The molecule has 0 radical (unpaired) electrons.